The molecule has 3 rings (SSSR count). The summed E-state index contributed by atoms with van der Waals surface area (Å²) < 4.78 is 12.0. The summed E-state index contributed by atoms with van der Waals surface area (Å²) in [4.78, 5) is 20.6. The summed E-state index contributed by atoms with van der Waals surface area (Å²) in [7, 11) is 0. The Labute approximate surface area is 183 Å². The Morgan fingerprint density at radius 1 is 0.903 bits per heavy atom. The van der Waals surface area contributed by atoms with Gasteiger partial charge in [0.25, 0.3) is 0 Å². The highest BCUT2D eigenvalue weighted by Gasteiger charge is 2.10. The van der Waals surface area contributed by atoms with Crippen LogP contribution in [0.15, 0.2) is 67.0 Å². The van der Waals surface area contributed by atoms with E-state index in [1.165, 1.54) is 0 Å². The normalized spacial score (nSPS) is 10.5. The Morgan fingerprint density at radius 2 is 1.58 bits per heavy atom. The number of pyridine rings is 2. The lowest BCUT2D eigenvalue weighted by Crippen LogP contribution is -2.24. The zero-order chi connectivity index (χ0) is 21.7. The fourth-order valence-electron chi connectivity index (χ4n) is 2.96. The smallest absolute Gasteiger partial charge is 0.220 e. The maximum Gasteiger partial charge on any atom is 0.220 e. The first-order valence-corrected chi connectivity index (χ1v) is 10.7. The molecule has 0 spiro atoms. The minimum atomic E-state index is 0.0693. The Morgan fingerprint density at radius 3 is 2.19 bits per heavy atom. The van der Waals surface area contributed by atoms with Gasteiger partial charge < -0.3 is 14.8 Å². The van der Waals surface area contributed by atoms with Gasteiger partial charge in [0.1, 0.15) is 13.2 Å². The number of hydrogen-bond donors (Lipinski definition) is 1. The van der Waals surface area contributed by atoms with Gasteiger partial charge in [-0.25, -0.2) is 0 Å². The van der Waals surface area contributed by atoms with E-state index in [-0.39, 0.29) is 5.91 Å². The van der Waals surface area contributed by atoms with Crippen LogP contribution in [0.4, 0.5) is 0 Å². The van der Waals surface area contributed by atoms with Gasteiger partial charge in [-0.15, -0.1) is 0 Å². The number of rotatable bonds is 12. The lowest BCUT2D eigenvalue weighted by Gasteiger charge is -2.14. The molecule has 3 aromatic rings. The molecule has 1 N–H and O–H groups in total. The third-order valence-electron chi connectivity index (χ3n) is 4.70. The topological polar surface area (TPSA) is 73.3 Å². The van der Waals surface area contributed by atoms with Crippen molar-refractivity contribution in [1.29, 1.82) is 0 Å². The van der Waals surface area contributed by atoms with Crippen molar-refractivity contribution in [3.63, 3.8) is 0 Å². The standard InChI is InChI=1S/C25H29N3O3/c1-2-3-14-28-25(29)13-11-20-10-12-23(30-18-21-8-4-6-15-26-21)24(17-20)31-19-22-9-5-7-16-27-22/h4-10,12,15-17H,2-3,11,13-14,18-19H2,1H3,(H,28,29). The molecule has 0 aliphatic rings. The molecule has 2 aromatic heterocycles. The van der Waals surface area contributed by atoms with Crippen molar-refractivity contribution in [2.75, 3.05) is 6.54 Å². The zero-order valence-electron chi connectivity index (χ0n) is 17.9. The molecular formula is C25H29N3O3. The molecule has 0 saturated carbocycles. The van der Waals surface area contributed by atoms with E-state index in [2.05, 4.69) is 22.2 Å². The molecule has 31 heavy (non-hydrogen) atoms. The number of unbranched alkanes of at least 4 members (excludes halogenated alkanes) is 1. The molecule has 2 heterocycles. The molecule has 0 saturated heterocycles. The molecule has 0 radical (unpaired) electrons. The predicted molar refractivity (Wildman–Crippen MR) is 120 cm³/mol. The number of carbonyl (C=O) groups excluding carboxylic acids is 1. The first-order chi connectivity index (χ1) is 15.2. The van der Waals surface area contributed by atoms with E-state index in [1.807, 2.05) is 54.6 Å². The van der Waals surface area contributed by atoms with Gasteiger partial charge in [0.05, 0.1) is 11.4 Å². The van der Waals surface area contributed by atoms with Crippen LogP contribution in [-0.2, 0) is 24.4 Å². The van der Waals surface area contributed by atoms with Gasteiger partial charge in [0.2, 0.25) is 5.91 Å². The van der Waals surface area contributed by atoms with Gasteiger partial charge in [-0.1, -0.05) is 31.5 Å². The highest BCUT2D eigenvalue weighted by Crippen LogP contribution is 2.30. The van der Waals surface area contributed by atoms with E-state index >= 15 is 0 Å². The zero-order valence-corrected chi connectivity index (χ0v) is 17.9. The summed E-state index contributed by atoms with van der Waals surface area (Å²) in [6, 6.07) is 17.2. The number of benzene rings is 1. The molecule has 0 unspecified atom stereocenters. The quantitative estimate of drug-likeness (QED) is 0.438. The minimum Gasteiger partial charge on any atom is -0.483 e. The number of aromatic nitrogens is 2. The van der Waals surface area contributed by atoms with Gasteiger partial charge in [-0.3, -0.25) is 14.8 Å². The van der Waals surface area contributed by atoms with Crippen LogP contribution in [-0.4, -0.2) is 22.4 Å². The summed E-state index contributed by atoms with van der Waals surface area (Å²) in [5.41, 5.74) is 2.69. The first kappa shape index (κ1) is 22.3. The molecule has 1 amide bonds. The third-order valence-corrected chi connectivity index (χ3v) is 4.70. The van der Waals surface area contributed by atoms with Crippen molar-refractivity contribution in [3.05, 3.63) is 83.9 Å². The van der Waals surface area contributed by atoms with E-state index in [1.54, 1.807) is 12.4 Å². The number of nitrogens with zero attached hydrogens (tertiary/aromatic N) is 2. The molecule has 0 aliphatic heterocycles. The second-order valence-corrected chi connectivity index (χ2v) is 7.20. The summed E-state index contributed by atoms with van der Waals surface area (Å²) in [6.45, 7) is 3.52. The molecule has 0 aliphatic carbocycles. The number of hydrogen-bond acceptors (Lipinski definition) is 5. The average molecular weight is 420 g/mol. The lowest BCUT2D eigenvalue weighted by molar-refractivity contribution is -0.121. The number of nitrogens with one attached hydrogen (secondary N) is 1. The van der Waals surface area contributed by atoms with E-state index < -0.39 is 0 Å². The Bertz CT molecular complexity index is 933. The number of aryl methyl sites for hydroxylation is 1. The fourth-order valence-corrected chi connectivity index (χ4v) is 2.96. The van der Waals surface area contributed by atoms with Crippen molar-refractivity contribution in [1.82, 2.24) is 15.3 Å². The second kappa shape index (κ2) is 12.3. The van der Waals surface area contributed by atoms with Gasteiger partial charge in [-0.05, 0) is 54.8 Å². The van der Waals surface area contributed by atoms with Crippen molar-refractivity contribution >= 4 is 5.91 Å². The van der Waals surface area contributed by atoms with E-state index in [4.69, 9.17) is 9.47 Å². The molecule has 1 aromatic carbocycles. The molecular weight excluding hydrogens is 390 g/mol. The van der Waals surface area contributed by atoms with Crippen LogP contribution in [0.5, 0.6) is 11.5 Å². The monoisotopic (exact) mass is 419 g/mol. The van der Waals surface area contributed by atoms with Gasteiger partial charge in [0, 0.05) is 25.4 Å². The molecule has 6 heteroatoms. The van der Waals surface area contributed by atoms with Crippen LogP contribution in [0.2, 0.25) is 0 Å². The van der Waals surface area contributed by atoms with Crippen LogP contribution in [0.1, 0.15) is 43.1 Å². The molecule has 6 nitrogen and oxygen atoms in total. The van der Waals surface area contributed by atoms with E-state index in [0.29, 0.717) is 37.6 Å². The van der Waals surface area contributed by atoms with Gasteiger partial charge in [0.15, 0.2) is 11.5 Å². The minimum absolute atomic E-state index is 0.0693. The first-order valence-electron chi connectivity index (χ1n) is 10.7. The van der Waals surface area contributed by atoms with Crippen molar-refractivity contribution in [2.24, 2.45) is 0 Å². The largest absolute Gasteiger partial charge is 0.483 e. The van der Waals surface area contributed by atoms with Gasteiger partial charge >= 0.3 is 0 Å². The van der Waals surface area contributed by atoms with Crippen LogP contribution < -0.4 is 14.8 Å². The number of amides is 1. The summed E-state index contributed by atoms with van der Waals surface area (Å²) >= 11 is 0. The maximum absolute atomic E-state index is 12.0. The van der Waals surface area contributed by atoms with Crippen LogP contribution >= 0.6 is 0 Å². The van der Waals surface area contributed by atoms with E-state index in [0.717, 1.165) is 36.3 Å². The van der Waals surface area contributed by atoms with Crippen LogP contribution in [0.25, 0.3) is 0 Å². The maximum atomic E-state index is 12.0. The van der Waals surface area contributed by atoms with Crippen molar-refractivity contribution < 1.29 is 14.3 Å². The lowest BCUT2D eigenvalue weighted by atomic mass is 10.1. The Hall–Kier alpha value is -3.41. The average Bonchev–Trinajstić information content (AvgIpc) is 2.82. The highest BCUT2D eigenvalue weighted by atomic mass is 16.5. The molecule has 0 fully saturated rings. The summed E-state index contributed by atoms with van der Waals surface area (Å²) in [6.07, 6.45) is 6.63. The van der Waals surface area contributed by atoms with E-state index in [9.17, 15) is 4.79 Å². The fraction of sp³-hybridized carbons (Fsp3) is 0.320. The Kier molecular flexibility index (Phi) is 8.86. The van der Waals surface area contributed by atoms with Gasteiger partial charge in [-0.2, -0.15) is 0 Å². The number of ether oxygens (including phenoxy) is 2. The molecule has 0 atom stereocenters. The summed E-state index contributed by atoms with van der Waals surface area (Å²) in [5, 5.41) is 2.95. The van der Waals surface area contributed by atoms with Crippen molar-refractivity contribution in [3.8, 4) is 11.5 Å². The number of carbonyl (C=O) groups is 1. The van der Waals surface area contributed by atoms with Crippen molar-refractivity contribution in [2.45, 2.75) is 45.8 Å². The Balaban J connectivity index is 1.65. The molecule has 0 bridgehead atoms. The molecule has 162 valence electrons. The SMILES string of the molecule is CCCCNC(=O)CCc1ccc(OCc2ccccn2)c(OCc2ccccn2)c1. The predicted octanol–water partition coefficient (Wildman–Crippen LogP) is 4.48. The summed E-state index contributed by atoms with van der Waals surface area (Å²) in [5.74, 6) is 1.34. The van der Waals surface area contributed by atoms with Crippen LogP contribution in [0, 0.1) is 0 Å². The van der Waals surface area contributed by atoms with Crippen LogP contribution in [0.3, 0.4) is 0 Å². The highest BCUT2D eigenvalue weighted by molar-refractivity contribution is 5.76. The second-order valence-electron chi connectivity index (χ2n) is 7.20. The third kappa shape index (κ3) is 7.74.